The summed E-state index contributed by atoms with van der Waals surface area (Å²) in [7, 11) is 0. The first-order chi connectivity index (χ1) is 7.75. The molecule has 1 aliphatic heterocycles. The first-order valence-electron chi connectivity index (χ1n) is 6.13. The van der Waals surface area contributed by atoms with Gasteiger partial charge in [-0.2, -0.15) is 11.3 Å². The van der Waals surface area contributed by atoms with E-state index in [4.69, 9.17) is 0 Å². The SMILES string of the molecule is CC(Br)C1CCN(CCc2ccsc2)CC1. The fourth-order valence-electron chi connectivity index (χ4n) is 2.36. The van der Waals surface area contributed by atoms with Gasteiger partial charge in [0.2, 0.25) is 0 Å². The highest BCUT2D eigenvalue weighted by Crippen LogP contribution is 2.25. The third-order valence-electron chi connectivity index (χ3n) is 3.58. The maximum absolute atomic E-state index is 3.71. The predicted octanol–water partition coefficient (Wildman–Crippen LogP) is 3.79. The Labute approximate surface area is 111 Å². The largest absolute Gasteiger partial charge is 0.303 e. The summed E-state index contributed by atoms with van der Waals surface area (Å²) in [4.78, 5) is 3.30. The van der Waals surface area contributed by atoms with Crippen LogP contribution in [0.4, 0.5) is 0 Å². The molecule has 0 saturated carbocycles. The van der Waals surface area contributed by atoms with Gasteiger partial charge in [0.15, 0.2) is 0 Å². The van der Waals surface area contributed by atoms with Gasteiger partial charge in [0, 0.05) is 11.4 Å². The van der Waals surface area contributed by atoms with E-state index in [1.54, 1.807) is 11.3 Å². The molecule has 0 amide bonds. The first kappa shape index (κ1) is 12.6. The average molecular weight is 302 g/mol. The number of alkyl halides is 1. The van der Waals surface area contributed by atoms with Gasteiger partial charge in [-0.3, -0.25) is 0 Å². The molecule has 1 nitrogen and oxygen atoms in total. The van der Waals surface area contributed by atoms with E-state index < -0.39 is 0 Å². The molecule has 1 fully saturated rings. The van der Waals surface area contributed by atoms with Crippen molar-refractivity contribution < 1.29 is 0 Å². The highest BCUT2D eigenvalue weighted by atomic mass is 79.9. The van der Waals surface area contributed by atoms with E-state index in [2.05, 4.69) is 44.6 Å². The second-order valence-electron chi connectivity index (χ2n) is 4.74. The van der Waals surface area contributed by atoms with Crippen molar-refractivity contribution in [1.29, 1.82) is 0 Å². The fraction of sp³-hybridized carbons (Fsp3) is 0.692. The molecular weight excluding hydrogens is 282 g/mol. The molecule has 1 unspecified atom stereocenters. The maximum Gasteiger partial charge on any atom is 0.0146 e. The van der Waals surface area contributed by atoms with E-state index in [0.717, 1.165) is 5.92 Å². The topological polar surface area (TPSA) is 3.24 Å². The number of rotatable bonds is 4. The van der Waals surface area contributed by atoms with Crippen LogP contribution in [0.15, 0.2) is 16.8 Å². The lowest BCUT2D eigenvalue weighted by molar-refractivity contribution is 0.187. The zero-order chi connectivity index (χ0) is 11.4. The average Bonchev–Trinajstić information content (AvgIpc) is 2.80. The minimum absolute atomic E-state index is 0.687. The van der Waals surface area contributed by atoms with Gasteiger partial charge in [0.1, 0.15) is 0 Å². The van der Waals surface area contributed by atoms with Gasteiger partial charge in [-0.15, -0.1) is 0 Å². The Balaban J connectivity index is 1.69. The van der Waals surface area contributed by atoms with E-state index in [0.29, 0.717) is 4.83 Å². The van der Waals surface area contributed by atoms with Gasteiger partial charge in [0.05, 0.1) is 0 Å². The van der Waals surface area contributed by atoms with Crippen molar-refractivity contribution in [2.75, 3.05) is 19.6 Å². The third kappa shape index (κ3) is 3.57. The van der Waals surface area contributed by atoms with Gasteiger partial charge in [-0.1, -0.05) is 22.9 Å². The van der Waals surface area contributed by atoms with Crippen LogP contribution in [0.5, 0.6) is 0 Å². The predicted molar refractivity (Wildman–Crippen MR) is 75.6 cm³/mol. The van der Waals surface area contributed by atoms with Gasteiger partial charge in [-0.05, 0) is 60.7 Å². The summed E-state index contributed by atoms with van der Waals surface area (Å²) >= 11 is 5.51. The summed E-state index contributed by atoms with van der Waals surface area (Å²) in [5, 5.41) is 4.45. The van der Waals surface area contributed by atoms with E-state index in [9.17, 15) is 0 Å². The number of hydrogen-bond acceptors (Lipinski definition) is 2. The standard InChI is InChI=1S/C13H20BrNS/c1-11(14)13-3-7-15(8-4-13)6-2-12-5-9-16-10-12/h5,9-11,13H,2-4,6-8H2,1H3. The van der Waals surface area contributed by atoms with Crippen LogP contribution in [0.25, 0.3) is 0 Å². The fourth-order valence-corrected chi connectivity index (χ4v) is 3.59. The van der Waals surface area contributed by atoms with Crippen molar-refractivity contribution >= 4 is 27.3 Å². The van der Waals surface area contributed by atoms with Crippen LogP contribution in [-0.2, 0) is 6.42 Å². The van der Waals surface area contributed by atoms with E-state index in [1.807, 2.05) is 0 Å². The Hall–Kier alpha value is 0.140. The van der Waals surface area contributed by atoms with Crippen molar-refractivity contribution in [3.63, 3.8) is 0 Å². The number of hydrogen-bond donors (Lipinski definition) is 0. The lowest BCUT2D eigenvalue weighted by Crippen LogP contribution is -2.36. The number of nitrogens with zero attached hydrogens (tertiary/aromatic N) is 1. The lowest BCUT2D eigenvalue weighted by atomic mass is 9.94. The Kier molecular flexibility index (Phi) is 4.86. The molecule has 1 saturated heterocycles. The summed E-state index contributed by atoms with van der Waals surface area (Å²) in [6, 6.07) is 2.25. The lowest BCUT2D eigenvalue weighted by Gasteiger charge is -2.33. The van der Waals surface area contributed by atoms with Gasteiger partial charge < -0.3 is 4.90 Å². The molecule has 0 bridgehead atoms. The summed E-state index contributed by atoms with van der Waals surface area (Å²) in [5.41, 5.74) is 1.50. The molecule has 2 heterocycles. The highest BCUT2D eigenvalue weighted by Gasteiger charge is 2.21. The summed E-state index contributed by atoms with van der Waals surface area (Å²) in [6.07, 6.45) is 3.93. The maximum atomic E-state index is 3.71. The van der Waals surface area contributed by atoms with E-state index in [-0.39, 0.29) is 0 Å². The molecule has 16 heavy (non-hydrogen) atoms. The molecule has 0 radical (unpaired) electrons. The van der Waals surface area contributed by atoms with Crippen LogP contribution in [0.1, 0.15) is 25.3 Å². The molecule has 3 heteroatoms. The van der Waals surface area contributed by atoms with Gasteiger partial charge in [0.25, 0.3) is 0 Å². The molecule has 0 aromatic carbocycles. The van der Waals surface area contributed by atoms with Crippen molar-refractivity contribution in [2.45, 2.75) is 31.0 Å². The molecule has 90 valence electrons. The molecule has 1 aromatic heterocycles. The van der Waals surface area contributed by atoms with Gasteiger partial charge in [-0.25, -0.2) is 0 Å². The number of piperidine rings is 1. The quantitative estimate of drug-likeness (QED) is 0.765. The second kappa shape index (κ2) is 6.18. The summed E-state index contributed by atoms with van der Waals surface area (Å²) in [6.45, 7) is 6.08. The Morgan fingerprint density at radius 1 is 1.50 bits per heavy atom. The zero-order valence-electron chi connectivity index (χ0n) is 9.86. The van der Waals surface area contributed by atoms with Crippen molar-refractivity contribution in [3.8, 4) is 0 Å². The molecule has 0 N–H and O–H groups in total. The first-order valence-corrected chi connectivity index (χ1v) is 7.99. The smallest absolute Gasteiger partial charge is 0.0146 e. The zero-order valence-corrected chi connectivity index (χ0v) is 12.3. The minimum atomic E-state index is 0.687. The molecule has 0 spiro atoms. The summed E-state index contributed by atoms with van der Waals surface area (Å²) in [5.74, 6) is 0.886. The van der Waals surface area contributed by atoms with Gasteiger partial charge >= 0.3 is 0 Å². The Morgan fingerprint density at radius 3 is 2.81 bits per heavy atom. The van der Waals surface area contributed by atoms with Crippen molar-refractivity contribution in [2.24, 2.45) is 5.92 Å². The molecule has 1 atom stereocenters. The van der Waals surface area contributed by atoms with Crippen LogP contribution < -0.4 is 0 Å². The molecule has 2 rings (SSSR count). The Morgan fingerprint density at radius 2 is 2.25 bits per heavy atom. The number of thiophene rings is 1. The second-order valence-corrected chi connectivity index (χ2v) is 6.96. The summed E-state index contributed by atoms with van der Waals surface area (Å²) < 4.78 is 0. The van der Waals surface area contributed by atoms with Crippen LogP contribution >= 0.6 is 27.3 Å². The molecule has 1 aromatic rings. The van der Waals surface area contributed by atoms with Crippen LogP contribution in [-0.4, -0.2) is 29.4 Å². The normalized spacial score (nSPS) is 21.1. The minimum Gasteiger partial charge on any atom is -0.303 e. The number of likely N-dealkylation sites (tertiary alicyclic amines) is 1. The van der Waals surface area contributed by atoms with E-state index in [1.165, 1.54) is 44.5 Å². The highest BCUT2D eigenvalue weighted by molar-refractivity contribution is 9.09. The van der Waals surface area contributed by atoms with Crippen LogP contribution in [0, 0.1) is 5.92 Å². The molecular formula is C13H20BrNS. The molecule has 1 aliphatic rings. The monoisotopic (exact) mass is 301 g/mol. The number of halogens is 1. The Bertz CT molecular complexity index is 289. The van der Waals surface area contributed by atoms with Crippen LogP contribution in [0.3, 0.4) is 0 Å². The third-order valence-corrected chi connectivity index (χ3v) is 5.06. The van der Waals surface area contributed by atoms with Crippen molar-refractivity contribution in [3.05, 3.63) is 22.4 Å². The van der Waals surface area contributed by atoms with Crippen molar-refractivity contribution in [1.82, 2.24) is 4.90 Å². The van der Waals surface area contributed by atoms with Crippen LogP contribution in [0.2, 0.25) is 0 Å². The van der Waals surface area contributed by atoms with E-state index >= 15 is 0 Å². The molecule has 0 aliphatic carbocycles.